The van der Waals surface area contributed by atoms with Gasteiger partial charge in [-0.1, -0.05) is 20.8 Å². The van der Waals surface area contributed by atoms with Crippen LogP contribution < -0.4 is 0 Å². The second-order valence-electron chi connectivity index (χ2n) is 8.40. The quantitative estimate of drug-likeness (QED) is 0.353. The fourth-order valence-corrected chi connectivity index (χ4v) is 3.74. The maximum atomic E-state index is 10.9. The van der Waals surface area contributed by atoms with Crippen molar-refractivity contribution in [1.82, 2.24) is 9.55 Å². The molecular weight excluding hydrogens is 390 g/mol. The zero-order chi connectivity index (χ0) is 20.2. The number of nitrogens with zero attached hydrogens (tertiary/aromatic N) is 3. The van der Waals surface area contributed by atoms with E-state index in [1.165, 1.54) is 10.8 Å². The Labute approximate surface area is 166 Å². The van der Waals surface area contributed by atoms with Crippen LogP contribution in [-0.2, 0) is 20.4 Å². The van der Waals surface area contributed by atoms with Crippen molar-refractivity contribution in [2.45, 2.75) is 77.1 Å². The van der Waals surface area contributed by atoms with Crippen LogP contribution in [0.3, 0.4) is 0 Å². The molecule has 0 aliphatic carbocycles. The highest BCUT2D eigenvalue weighted by atomic mass is 35.5. The average Bonchev–Trinajstić information content (AvgIpc) is 2.94. The van der Waals surface area contributed by atoms with Gasteiger partial charge < -0.3 is 24.0 Å². The summed E-state index contributed by atoms with van der Waals surface area (Å²) in [6.07, 6.45) is 3.61. The fraction of sp³-hybridized carbons (Fsp3) is 0.824. The van der Waals surface area contributed by atoms with Crippen LogP contribution in [0.1, 0.15) is 40.0 Å². The van der Waals surface area contributed by atoms with Gasteiger partial charge in [0.2, 0.25) is 0 Å². The van der Waals surface area contributed by atoms with Crippen LogP contribution in [-0.4, -0.2) is 48.4 Å². The van der Waals surface area contributed by atoms with Gasteiger partial charge in [0, 0.05) is 6.61 Å². The molecule has 2 unspecified atom stereocenters. The van der Waals surface area contributed by atoms with Gasteiger partial charge in [-0.15, -0.1) is 0 Å². The molecule has 0 spiro atoms. The molecule has 1 aliphatic rings. The lowest BCUT2D eigenvalue weighted by Crippen LogP contribution is -2.44. The molecule has 2 rings (SSSR count). The first-order chi connectivity index (χ1) is 12.5. The maximum absolute atomic E-state index is 10.9. The molecule has 1 aromatic rings. The highest BCUT2D eigenvalue weighted by Crippen LogP contribution is 2.36. The lowest BCUT2D eigenvalue weighted by molar-refractivity contribution is -0.389. The largest absolute Gasteiger partial charge is 0.414 e. The smallest absolute Gasteiger partial charge is 0.383 e. The molecular formula is C17H30ClN3O5Si. The minimum Gasteiger partial charge on any atom is -0.414 e. The minimum absolute atomic E-state index is 0.0622. The standard InChI is InChI=1S/C17H30ClN3O5Si/c1-17(2,3)27(4,5)25-12-13(26-15-8-6-7-9-24-15)10-20-11-14(21(22)23)19-16(20)18/h11,13,15H,6-10,12H2,1-5H3. The molecule has 0 saturated carbocycles. The molecule has 0 N–H and O–H groups in total. The first kappa shape index (κ1) is 22.3. The summed E-state index contributed by atoms with van der Waals surface area (Å²) in [6, 6.07) is 0. The SMILES string of the molecule is CC(C)(C)[Si](C)(C)OCC(Cn1cc([N+](=O)[O-])nc1Cl)OC1CCCCO1. The van der Waals surface area contributed by atoms with Crippen LogP contribution >= 0.6 is 11.6 Å². The van der Waals surface area contributed by atoms with Gasteiger partial charge in [-0.05, 0) is 58.9 Å². The number of imidazole rings is 1. The summed E-state index contributed by atoms with van der Waals surface area (Å²) >= 11 is 6.07. The zero-order valence-corrected chi connectivity index (χ0v) is 18.5. The third-order valence-electron chi connectivity index (χ3n) is 5.22. The Kier molecular flexibility index (Phi) is 7.43. The molecule has 1 aromatic heterocycles. The Morgan fingerprint density at radius 1 is 1.48 bits per heavy atom. The van der Waals surface area contributed by atoms with E-state index in [4.69, 9.17) is 25.5 Å². The van der Waals surface area contributed by atoms with Crippen molar-refractivity contribution in [1.29, 1.82) is 0 Å². The summed E-state index contributed by atoms with van der Waals surface area (Å²) < 4.78 is 19.7. The summed E-state index contributed by atoms with van der Waals surface area (Å²) in [5.41, 5.74) is 0. The number of hydrogen-bond donors (Lipinski definition) is 0. The summed E-state index contributed by atoms with van der Waals surface area (Å²) in [4.78, 5) is 14.1. The molecule has 8 nitrogen and oxygen atoms in total. The van der Waals surface area contributed by atoms with Gasteiger partial charge in [0.05, 0.1) is 13.2 Å². The molecule has 0 bridgehead atoms. The number of hydrogen-bond acceptors (Lipinski definition) is 6. The van der Waals surface area contributed by atoms with E-state index >= 15 is 0 Å². The summed E-state index contributed by atoms with van der Waals surface area (Å²) in [5.74, 6) is -0.280. The third-order valence-corrected chi connectivity index (χ3v) is 10.0. The molecule has 10 heteroatoms. The molecule has 0 amide bonds. The highest BCUT2D eigenvalue weighted by molar-refractivity contribution is 6.74. The molecule has 154 valence electrons. The lowest BCUT2D eigenvalue weighted by Gasteiger charge is -2.37. The van der Waals surface area contributed by atoms with Crippen molar-refractivity contribution in [3.8, 4) is 0 Å². The molecule has 2 heterocycles. The molecule has 1 aliphatic heterocycles. The molecule has 1 saturated heterocycles. The summed E-state index contributed by atoms with van der Waals surface area (Å²) in [5, 5.41) is 11.1. The molecule has 27 heavy (non-hydrogen) atoms. The van der Waals surface area contributed by atoms with Gasteiger partial charge in [-0.3, -0.25) is 4.57 Å². The second kappa shape index (κ2) is 9.00. The van der Waals surface area contributed by atoms with Crippen molar-refractivity contribution in [3.63, 3.8) is 0 Å². The Hall–Kier alpha value is -1.00. The minimum atomic E-state index is -1.96. The van der Waals surface area contributed by atoms with Crippen molar-refractivity contribution >= 4 is 25.7 Å². The van der Waals surface area contributed by atoms with Crippen molar-refractivity contribution in [3.05, 3.63) is 21.6 Å². The third kappa shape index (κ3) is 6.25. The number of rotatable bonds is 8. The Morgan fingerprint density at radius 2 is 2.19 bits per heavy atom. The van der Waals surface area contributed by atoms with Gasteiger partial charge in [-0.2, -0.15) is 0 Å². The van der Waals surface area contributed by atoms with E-state index in [1.807, 2.05) is 0 Å². The molecule has 0 aromatic carbocycles. The van der Waals surface area contributed by atoms with Crippen LogP contribution in [0, 0.1) is 10.1 Å². The first-order valence-electron chi connectivity index (χ1n) is 9.27. The predicted molar refractivity (Wildman–Crippen MR) is 106 cm³/mol. The zero-order valence-electron chi connectivity index (χ0n) is 16.7. The van der Waals surface area contributed by atoms with Crippen molar-refractivity contribution < 1.29 is 18.8 Å². The number of aromatic nitrogens is 2. The molecule has 2 atom stereocenters. The van der Waals surface area contributed by atoms with Gasteiger partial charge in [0.1, 0.15) is 12.3 Å². The van der Waals surface area contributed by atoms with E-state index in [2.05, 4.69) is 38.8 Å². The second-order valence-corrected chi connectivity index (χ2v) is 13.6. The molecule has 0 radical (unpaired) electrons. The van der Waals surface area contributed by atoms with Crippen LogP contribution in [0.5, 0.6) is 0 Å². The van der Waals surface area contributed by atoms with Crippen LogP contribution in [0.2, 0.25) is 23.4 Å². The predicted octanol–water partition coefficient (Wildman–Crippen LogP) is 4.38. The first-order valence-corrected chi connectivity index (χ1v) is 12.6. The van der Waals surface area contributed by atoms with Gasteiger partial charge in [0.25, 0.3) is 0 Å². The van der Waals surface area contributed by atoms with Gasteiger partial charge >= 0.3 is 11.1 Å². The van der Waals surface area contributed by atoms with E-state index in [0.29, 0.717) is 19.8 Å². The van der Waals surface area contributed by atoms with E-state index in [-0.39, 0.29) is 28.5 Å². The lowest BCUT2D eigenvalue weighted by atomic mass is 10.2. The van der Waals surface area contributed by atoms with Crippen molar-refractivity contribution in [2.75, 3.05) is 13.2 Å². The number of nitro groups is 1. The fourth-order valence-electron chi connectivity index (χ4n) is 2.50. The van der Waals surface area contributed by atoms with Gasteiger partial charge in [0.15, 0.2) is 14.6 Å². The van der Waals surface area contributed by atoms with E-state index in [9.17, 15) is 10.1 Å². The van der Waals surface area contributed by atoms with Crippen LogP contribution in [0.4, 0.5) is 5.82 Å². The van der Waals surface area contributed by atoms with E-state index in [0.717, 1.165) is 19.3 Å². The van der Waals surface area contributed by atoms with Gasteiger partial charge in [-0.25, -0.2) is 0 Å². The van der Waals surface area contributed by atoms with Crippen LogP contribution in [0.15, 0.2) is 6.20 Å². The average molecular weight is 420 g/mol. The van der Waals surface area contributed by atoms with Crippen LogP contribution in [0.25, 0.3) is 0 Å². The Morgan fingerprint density at radius 3 is 2.70 bits per heavy atom. The van der Waals surface area contributed by atoms with Crippen molar-refractivity contribution in [2.24, 2.45) is 0 Å². The topological polar surface area (TPSA) is 88.7 Å². The normalized spacial score (nSPS) is 19.9. The number of ether oxygens (including phenoxy) is 2. The van der Waals surface area contributed by atoms with E-state index in [1.54, 1.807) is 0 Å². The van der Waals surface area contributed by atoms with E-state index < -0.39 is 13.2 Å². The monoisotopic (exact) mass is 419 g/mol. The summed E-state index contributed by atoms with van der Waals surface area (Å²) in [6.45, 7) is 12.2. The Balaban J connectivity index is 2.10. The Bertz CT molecular complexity index is 641. The summed E-state index contributed by atoms with van der Waals surface area (Å²) in [7, 11) is -1.96. The molecule has 1 fully saturated rings. The number of halogens is 1. The maximum Gasteiger partial charge on any atom is 0.383 e. The highest BCUT2D eigenvalue weighted by Gasteiger charge is 2.38.